The number of aryl methyl sites for hydroxylation is 1. The number of hydrogen-bond acceptors (Lipinski definition) is 0. The Kier molecular flexibility index (Phi) is 2.99. The largest absolute Gasteiger partial charge is 0.471 e. The van der Waals surface area contributed by atoms with Gasteiger partial charge in [-0.15, -0.1) is 6.20 Å². The van der Waals surface area contributed by atoms with Gasteiger partial charge in [0.05, 0.1) is 0 Å². The fourth-order valence-corrected chi connectivity index (χ4v) is 0.420. The van der Waals surface area contributed by atoms with E-state index in [0.717, 1.165) is 0 Å². The number of aromatic nitrogens is 1. The predicted molar refractivity (Wildman–Crippen MR) is 24.2 cm³/mol. The van der Waals surface area contributed by atoms with E-state index in [1.165, 1.54) is 10.6 Å². The molecule has 0 aliphatic heterocycles. The van der Waals surface area contributed by atoms with Crippen LogP contribution in [0.25, 0.3) is 0 Å². The average Bonchev–Trinajstić information content (AvgIpc) is 1.87. The molecule has 0 amide bonds. The molecule has 0 saturated carbocycles. The fourth-order valence-electron chi connectivity index (χ4n) is 0.420. The van der Waals surface area contributed by atoms with E-state index in [2.05, 4.69) is 6.20 Å². The Balaban J connectivity index is 0.000000490. The van der Waals surface area contributed by atoms with E-state index < -0.39 is 0 Å². The van der Waals surface area contributed by atoms with Crippen molar-refractivity contribution < 1.29 is 25.5 Å². The van der Waals surface area contributed by atoms with Crippen LogP contribution in [0, 0.1) is 12.0 Å². The molecule has 0 spiro atoms. The second kappa shape index (κ2) is 3.03. The minimum Gasteiger partial charge on any atom is -0.471 e. The molecule has 0 N–H and O–H groups in total. The van der Waals surface area contributed by atoms with Crippen LogP contribution in [-0.2, 0) is 28.1 Å². The maximum Gasteiger partial charge on any atom is 0.0182 e. The van der Waals surface area contributed by atoms with Gasteiger partial charge in [0.15, 0.2) is 0 Å². The Hall–Kier alpha value is -0.102. The Morgan fingerprint density at radius 1 is 1.75 bits per heavy atom. The molecule has 0 bridgehead atoms. The van der Waals surface area contributed by atoms with Crippen molar-refractivity contribution in [3.05, 3.63) is 24.3 Å². The third-order valence-electron chi connectivity index (χ3n) is 0.728. The van der Waals surface area contributed by atoms with Crippen molar-refractivity contribution in [2.45, 2.75) is 0 Å². The summed E-state index contributed by atoms with van der Waals surface area (Å²) in [5.74, 6) is -0.303. The first-order chi connectivity index (χ1) is 3.29. The summed E-state index contributed by atoms with van der Waals surface area (Å²) in [4.78, 5) is 0. The van der Waals surface area contributed by atoms with Gasteiger partial charge in [0.25, 0.3) is 0 Å². The van der Waals surface area contributed by atoms with E-state index in [1.807, 2.05) is 0 Å². The molecule has 1 aromatic heterocycles. The van der Waals surface area contributed by atoms with E-state index in [1.54, 1.807) is 13.2 Å². The fraction of sp³-hybridized carbons (Fsp3) is 0.200. The van der Waals surface area contributed by atoms with E-state index >= 15 is 0 Å². The molecule has 44 valence electrons. The zero-order valence-corrected chi connectivity index (χ0v) is 7.32. The van der Waals surface area contributed by atoms with Gasteiger partial charge in [0, 0.05) is 26.9 Å². The molecule has 0 saturated heterocycles. The van der Waals surface area contributed by atoms with Gasteiger partial charge in [-0.25, -0.2) is 4.39 Å². The van der Waals surface area contributed by atoms with Crippen LogP contribution in [0.1, 0.15) is 0 Å². The predicted octanol–water partition coefficient (Wildman–Crippen LogP) is 0.962. The van der Waals surface area contributed by atoms with Crippen LogP contribution in [0.4, 0.5) is 4.39 Å². The molecule has 1 nitrogen and oxygen atoms in total. The van der Waals surface area contributed by atoms with Gasteiger partial charge in [-0.3, -0.25) is 0 Å². The van der Waals surface area contributed by atoms with Gasteiger partial charge in [-0.2, -0.15) is 6.07 Å². The second-order valence-electron chi connectivity index (χ2n) is 1.39. The number of nitrogens with zero attached hydrogens (tertiary/aromatic N) is 1. The SMILES string of the molecule is Cn1[c-]c(F)cc1.[W]. The van der Waals surface area contributed by atoms with E-state index in [-0.39, 0.29) is 26.9 Å². The van der Waals surface area contributed by atoms with Crippen LogP contribution in [0.2, 0.25) is 0 Å². The van der Waals surface area contributed by atoms with E-state index in [4.69, 9.17) is 0 Å². The first kappa shape index (κ1) is 7.90. The quantitative estimate of drug-likeness (QED) is 0.625. The molecule has 1 aromatic rings. The third-order valence-corrected chi connectivity index (χ3v) is 0.728. The summed E-state index contributed by atoms with van der Waals surface area (Å²) < 4.78 is 13.4. The minimum absolute atomic E-state index is 0. The molecule has 0 radical (unpaired) electrons. The summed E-state index contributed by atoms with van der Waals surface area (Å²) in [7, 11) is 1.73. The van der Waals surface area contributed by atoms with Gasteiger partial charge in [0.2, 0.25) is 0 Å². The molecule has 1 rings (SSSR count). The number of hydrogen-bond donors (Lipinski definition) is 0. The minimum atomic E-state index is -0.303. The van der Waals surface area contributed by atoms with E-state index in [0.29, 0.717) is 0 Å². The molecule has 1 heterocycles. The van der Waals surface area contributed by atoms with Crippen LogP contribution < -0.4 is 0 Å². The van der Waals surface area contributed by atoms with Crippen LogP contribution >= 0.6 is 0 Å². The molecule has 3 heteroatoms. The van der Waals surface area contributed by atoms with Gasteiger partial charge in [-0.1, -0.05) is 6.20 Å². The average molecular weight is 282 g/mol. The monoisotopic (exact) mass is 282 g/mol. The van der Waals surface area contributed by atoms with Crippen molar-refractivity contribution in [1.82, 2.24) is 4.57 Å². The van der Waals surface area contributed by atoms with Crippen LogP contribution in [0.5, 0.6) is 0 Å². The zero-order valence-electron chi connectivity index (χ0n) is 4.39. The smallest absolute Gasteiger partial charge is 0.0182 e. The molecule has 0 unspecified atom stereocenters. The Bertz CT molecular complexity index is 145. The van der Waals surface area contributed by atoms with Crippen molar-refractivity contribution in [3.63, 3.8) is 0 Å². The molecule has 0 aliphatic rings. The summed E-state index contributed by atoms with van der Waals surface area (Å²) in [5.41, 5.74) is 0. The van der Waals surface area contributed by atoms with Crippen molar-refractivity contribution in [2.24, 2.45) is 7.05 Å². The van der Waals surface area contributed by atoms with Crippen molar-refractivity contribution in [1.29, 1.82) is 0 Å². The molecule has 8 heavy (non-hydrogen) atoms. The molecule has 0 aliphatic carbocycles. The topological polar surface area (TPSA) is 4.93 Å². The maximum absolute atomic E-state index is 11.9. The first-order valence-corrected chi connectivity index (χ1v) is 1.99. The summed E-state index contributed by atoms with van der Waals surface area (Å²) >= 11 is 0. The summed E-state index contributed by atoms with van der Waals surface area (Å²) in [6.07, 6.45) is 4.00. The zero-order chi connectivity index (χ0) is 5.28. The van der Waals surface area contributed by atoms with Crippen molar-refractivity contribution >= 4 is 0 Å². The summed E-state index contributed by atoms with van der Waals surface area (Å²) in [6.45, 7) is 0. The van der Waals surface area contributed by atoms with Gasteiger partial charge in [0.1, 0.15) is 0 Å². The Morgan fingerprint density at radius 3 is 2.50 bits per heavy atom. The molecular weight excluding hydrogens is 277 g/mol. The standard InChI is InChI=1S/C5H5FN.W/c1-7-3-2-5(6)4-7;/h2-3H,1H3;/q-1;. The van der Waals surface area contributed by atoms with Crippen LogP contribution in [-0.4, -0.2) is 4.57 Å². The Labute approximate surface area is 61.8 Å². The van der Waals surface area contributed by atoms with Gasteiger partial charge >= 0.3 is 0 Å². The van der Waals surface area contributed by atoms with Crippen molar-refractivity contribution in [2.75, 3.05) is 0 Å². The molecule has 0 fully saturated rings. The molecule has 0 aromatic carbocycles. The second-order valence-corrected chi connectivity index (χ2v) is 1.39. The van der Waals surface area contributed by atoms with E-state index in [9.17, 15) is 4.39 Å². The van der Waals surface area contributed by atoms with Crippen LogP contribution in [0.15, 0.2) is 12.3 Å². The molecular formula is C5H5FNW-. The summed E-state index contributed by atoms with van der Waals surface area (Å²) in [5, 5.41) is 0. The maximum atomic E-state index is 11.9. The normalized spacial score (nSPS) is 8.25. The van der Waals surface area contributed by atoms with Crippen LogP contribution in [0.3, 0.4) is 0 Å². The first-order valence-electron chi connectivity index (χ1n) is 1.99. The van der Waals surface area contributed by atoms with Gasteiger partial charge in [-0.05, 0) is 7.05 Å². The molecule has 0 atom stereocenters. The van der Waals surface area contributed by atoms with Gasteiger partial charge < -0.3 is 4.57 Å². The summed E-state index contributed by atoms with van der Waals surface area (Å²) in [6, 6.07) is 1.36. The van der Waals surface area contributed by atoms with Crippen molar-refractivity contribution in [3.8, 4) is 0 Å². The number of halogens is 1. The third kappa shape index (κ3) is 1.79. The Morgan fingerprint density at radius 2 is 2.38 bits per heavy atom. The number of rotatable bonds is 0.